The van der Waals surface area contributed by atoms with Crippen LogP contribution in [-0.2, 0) is 16.8 Å². The van der Waals surface area contributed by atoms with Crippen LogP contribution in [0.3, 0.4) is 0 Å². The Morgan fingerprint density at radius 2 is 1.81 bits per heavy atom. The van der Waals surface area contributed by atoms with Crippen LogP contribution in [0.25, 0.3) is 0 Å². The second-order valence-electron chi connectivity index (χ2n) is 8.58. The fourth-order valence-electron chi connectivity index (χ4n) is 4.49. The van der Waals surface area contributed by atoms with Gasteiger partial charge in [-0.2, -0.15) is 0 Å². The number of nitrogens with zero attached hydrogens (tertiary/aromatic N) is 2. The largest absolute Gasteiger partial charge is 0.497 e. The van der Waals surface area contributed by atoms with Crippen molar-refractivity contribution in [3.05, 3.63) is 59.7 Å². The molecule has 4 heteroatoms. The van der Waals surface area contributed by atoms with Crippen molar-refractivity contribution in [1.82, 2.24) is 4.90 Å². The summed E-state index contributed by atoms with van der Waals surface area (Å²) in [5.74, 6) is 1.02. The second-order valence-corrected chi connectivity index (χ2v) is 8.58. The summed E-state index contributed by atoms with van der Waals surface area (Å²) in [5, 5.41) is 0. The van der Waals surface area contributed by atoms with Crippen molar-refractivity contribution in [3.8, 4) is 5.75 Å². The van der Waals surface area contributed by atoms with E-state index in [9.17, 15) is 4.79 Å². The zero-order valence-electron chi connectivity index (χ0n) is 16.5. The molecule has 1 unspecified atom stereocenters. The summed E-state index contributed by atoms with van der Waals surface area (Å²) >= 11 is 0. The van der Waals surface area contributed by atoms with Gasteiger partial charge >= 0.3 is 0 Å². The minimum absolute atomic E-state index is 0.0879. The van der Waals surface area contributed by atoms with Gasteiger partial charge in [0.05, 0.1) is 18.2 Å². The number of likely N-dealkylation sites (tertiary alicyclic amines) is 1. The lowest BCUT2D eigenvalue weighted by molar-refractivity contribution is -0.128. The first-order valence-electron chi connectivity index (χ1n) is 9.43. The van der Waals surface area contributed by atoms with E-state index in [0.717, 1.165) is 22.7 Å². The summed E-state index contributed by atoms with van der Waals surface area (Å²) in [5.41, 5.74) is 4.05. The molecule has 2 aliphatic rings. The smallest absolute Gasteiger partial charge is 0.224 e. The summed E-state index contributed by atoms with van der Waals surface area (Å²) in [7, 11) is 1.66. The first kappa shape index (κ1) is 17.8. The normalized spacial score (nSPS) is 21.6. The highest BCUT2D eigenvalue weighted by Gasteiger charge is 2.54. The summed E-state index contributed by atoms with van der Waals surface area (Å²) in [4.78, 5) is 19.9. The molecule has 2 aromatic rings. The number of amides is 1. The lowest BCUT2D eigenvalue weighted by Crippen LogP contribution is -2.42. The number of hydrogen-bond donors (Lipinski definition) is 0. The lowest BCUT2D eigenvalue weighted by Gasteiger charge is -2.34. The minimum atomic E-state index is -0.307. The quantitative estimate of drug-likeness (QED) is 0.807. The molecule has 4 rings (SSSR count). The van der Waals surface area contributed by atoms with Gasteiger partial charge in [0.2, 0.25) is 5.91 Å². The van der Waals surface area contributed by atoms with Gasteiger partial charge in [-0.15, -0.1) is 0 Å². The van der Waals surface area contributed by atoms with Crippen LogP contribution in [0.1, 0.15) is 38.3 Å². The van der Waals surface area contributed by atoms with Gasteiger partial charge in [-0.3, -0.25) is 9.79 Å². The molecule has 0 aromatic heterocycles. The number of methoxy groups -OCH3 is 1. The SMILES string of the molecule is COc1ccc(CN2CC3(CC2=O)C(C(C)(C)C)=Nc2ccccc23)cc1. The highest BCUT2D eigenvalue weighted by molar-refractivity contribution is 6.09. The zero-order valence-corrected chi connectivity index (χ0v) is 16.5. The maximum absolute atomic E-state index is 13.0. The topological polar surface area (TPSA) is 41.9 Å². The number of ether oxygens (including phenoxy) is 1. The Morgan fingerprint density at radius 3 is 2.48 bits per heavy atom. The van der Waals surface area contributed by atoms with Crippen molar-refractivity contribution in [2.75, 3.05) is 13.7 Å². The fourth-order valence-corrected chi connectivity index (χ4v) is 4.49. The van der Waals surface area contributed by atoms with E-state index in [1.165, 1.54) is 5.56 Å². The van der Waals surface area contributed by atoms with E-state index in [1.54, 1.807) is 7.11 Å². The number of fused-ring (bicyclic) bond motifs is 2. The molecule has 27 heavy (non-hydrogen) atoms. The van der Waals surface area contributed by atoms with Gasteiger partial charge in [0.15, 0.2) is 0 Å². The monoisotopic (exact) mass is 362 g/mol. The van der Waals surface area contributed by atoms with Gasteiger partial charge in [0, 0.05) is 30.6 Å². The minimum Gasteiger partial charge on any atom is -0.497 e. The molecule has 0 bridgehead atoms. The molecule has 0 saturated carbocycles. The van der Waals surface area contributed by atoms with Gasteiger partial charge < -0.3 is 9.64 Å². The van der Waals surface area contributed by atoms with E-state index in [4.69, 9.17) is 9.73 Å². The van der Waals surface area contributed by atoms with Gasteiger partial charge in [0.1, 0.15) is 5.75 Å². The van der Waals surface area contributed by atoms with E-state index < -0.39 is 0 Å². The molecule has 1 saturated heterocycles. The third-order valence-corrected chi connectivity index (χ3v) is 5.61. The van der Waals surface area contributed by atoms with Crippen LogP contribution >= 0.6 is 0 Å². The summed E-state index contributed by atoms with van der Waals surface area (Å²) in [6, 6.07) is 16.2. The molecular weight excluding hydrogens is 336 g/mol. The van der Waals surface area contributed by atoms with Gasteiger partial charge in [0.25, 0.3) is 0 Å². The average Bonchev–Trinajstić information content (AvgIpc) is 3.13. The molecule has 140 valence electrons. The average molecular weight is 362 g/mol. The van der Waals surface area contributed by atoms with Crippen molar-refractivity contribution < 1.29 is 9.53 Å². The molecule has 2 aliphatic heterocycles. The van der Waals surface area contributed by atoms with Crippen LogP contribution in [0.4, 0.5) is 5.69 Å². The molecule has 1 atom stereocenters. The maximum Gasteiger partial charge on any atom is 0.224 e. The standard InChI is InChI=1S/C23H26N2O2/c1-22(2,3)21-23(18-7-5-6-8-19(18)24-21)13-20(26)25(15-23)14-16-9-11-17(27-4)12-10-16/h5-12H,13-15H2,1-4H3. The van der Waals surface area contributed by atoms with Crippen LogP contribution in [0.15, 0.2) is 53.5 Å². The number of rotatable bonds is 3. The van der Waals surface area contributed by atoms with E-state index in [0.29, 0.717) is 19.5 Å². The first-order valence-corrected chi connectivity index (χ1v) is 9.43. The molecule has 2 heterocycles. The molecular formula is C23H26N2O2. The molecule has 0 N–H and O–H groups in total. The number of para-hydroxylation sites is 1. The summed E-state index contributed by atoms with van der Waals surface area (Å²) in [6.45, 7) is 7.87. The summed E-state index contributed by atoms with van der Waals surface area (Å²) < 4.78 is 5.23. The summed E-state index contributed by atoms with van der Waals surface area (Å²) in [6.07, 6.45) is 0.496. The highest BCUT2D eigenvalue weighted by Crippen LogP contribution is 2.50. The van der Waals surface area contributed by atoms with E-state index >= 15 is 0 Å². The molecule has 2 aromatic carbocycles. The third-order valence-electron chi connectivity index (χ3n) is 5.61. The van der Waals surface area contributed by atoms with Gasteiger partial charge in [-0.05, 0) is 29.3 Å². The Kier molecular flexibility index (Phi) is 4.10. The van der Waals surface area contributed by atoms with Crippen molar-refractivity contribution in [3.63, 3.8) is 0 Å². The number of benzene rings is 2. The Morgan fingerprint density at radius 1 is 1.11 bits per heavy atom. The fraction of sp³-hybridized carbons (Fsp3) is 0.391. The molecule has 1 spiro atoms. The zero-order chi connectivity index (χ0) is 19.2. The van der Waals surface area contributed by atoms with Gasteiger partial charge in [-0.1, -0.05) is 51.1 Å². The predicted molar refractivity (Wildman–Crippen MR) is 108 cm³/mol. The number of hydrogen-bond acceptors (Lipinski definition) is 3. The van der Waals surface area contributed by atoms with Crippen LogP contribution in [0.5, 0.6) is 5.75 Å². The molecule has 4 nitrogen and oxygen atoms in total. The Bertz CT molecular complexity index is 909. The number of carbonyl (C=O) groups is 1. The van der Waals surface area contributed by atoms with Crippen molar-refractivity contribution in [2.24, 2.45) is 10.4 Å². The van der Waals surface area contributed by atoms with Crippen LogP contribution < -0.4 is 4.74 Å². The lowest BCUT2D eigenvalue weighted by atomic mass is 9.68. The second kappa shape index (κ2) is 6.22. The molecule has 1 fully saturated rings. The number of aliphatic imine (C=N–C) groups is 1. The molecule has 0 radical (unpaired) electrons. The third kappa shape index (κ3) is 2.93. The van der Waals surface area contributed by atoms with Crippen molar-refractivity contribution >= 4 is 17.3 Å². The highest BCUT2D eigenvalue weighted by atomic mass is 16.5. The van der Waals surface area contributed by atoms with E-state index in [-0.39, 0.29) is 16.7 Å². The number of carbonyl (C=O) groups excluding carboxylic acids is 1. The van der Waals surface area contributed by atoms with E-state index in [1.807, 2.05) is 35.2 Å². The molecule has 1 amide bonds. The Balaban J connectivity index is 1.67. The maximum atomic E-state index is 13.0. The van der Waals surface area contributed by atoms with Crippen LogP contribution in [0, 0.1) is 5.41 Å². The van der Waals surface area contributed by atoms with E-state index in [2.05, 4.69) is 39.0 Å². The van der Waals surface area contributed by atoms with Crippen LogP contribution in [0.2, 0.25) is 0 Å². The predicted octanol–water partition coefficient (Wildman–Crippen LogP) is 4.50. The van der Waals surface area contributed by atoms with Gasteiger partial charge in [-0.25, -0.2) is 0 Å². The Hall–Kier alpha value is -2.62. The first-order chi connectivity index (χ1) is 12.8. The Labute approximate surface area is 160 Å². The van der Waals surface area contributed by atoms with Crippen LogP contribution in [-0.4, -0.2) is 30.2 Å². The molecule has 0 aliphatic carbocycles. The van der Waals surface area contributed by atoms with Crippen molar-refractivity contribution in [2.45, 2.75) is 39.2 Å². The van der Waals surface area contributed by atoms with Crippen molar-refractivity contribution in [1.29, 1.82) is 0 Å².